The van der Waals surface area contributed by atoms with Crippen molar-refractivity contribution in [2.75, 3.05) is 0 Å². The minimum absolute atomic E-state index is 0.0654. The van der Waals surface area contributed by atoms with Gasteiger partial charge in [-0.05, 0) is 48.7 Å². The lowest BCUT2D eigenvalue weighted by Crippen LogP contribution is -2.23. The second-order valence-corrected chi connectivity index (χ2v) is 5.12. The molecule has 0 aliphatic heterocycles. The highest BCUT2D eigenvalue weighted by Gasteiger charge is 2.40. The van der Waals surface area contributed by atoms with Gasteiger partial charge >= 0.3 is 0 Å². The van der Waals surface area contributed by atoms with Gasteiger partial charge in [0.15, 0.2) is 0 Å². The number of halogens is 1. The Morgan fingerprint density at radius 2 is 1.88 bits per heavy atom. The molecule has 0 radical (unpaired) electrons. The SMILES string of the molecule is CC.CC(C)C1(C)CCC2=C1CCC=C2F. The maximum Gasteiger partial charge on any atom is 0.122 e. The summed E-state index contributed by atoms with van der Waals surface area (Å²) in [6, 6.07) is 0. The Balaban J connectivity index is 0.000000606. The van der Waals surface area contributed by atoms with Crippen LogP contribution in [0.3, 0.4) is 0 Å². The van der Waals surface area contributed by atoms with Crippen LogP contribution in [0.2, 0.25) is 0 Å². The predicted molar refractivity (Wildman–Crippen MR) is 69.0 cm³/mol. The van der Waals surface area contributed by atoms with Crippen LogP contribution in [0.5, 0.6) is 0 Å². The van der Waals surface area contributed by atoms with Crippen molar-refractivity contribution < 1.29 is 4.39 Å². The Bertz CT molecular complexity index is 309. The summed E-state index contributed by atoms with van der Waals surface area (Å²) in [5.41, 5.74) is 2.71. The van der Waals surface area contributed by atoms with Crippen LogP contribution in [0, 0.1) is 11.3 Å². The number of hydrogen-bond donors (Lipinski definition) is 0. The van der Waals surface area contributed by atoms with E-state index in [0.29, 0.717) is 5.92 Å². The molecule has 1 unspecified atom stereocenters. The van der Waals surface area contributed by atoms with Crippen LogP contribution in [0.1, 0.15) is 60.3 Å². The van der Waals surface area contributed by atoms with Gasteiger partial charge in [-0.1, -0.05) is 40.2 Å². The van der Waals surface area contributed by atoms with E-state index in [0.717, 1.165) is 31.3 Å². The molecule has 0 amide bonds. The summed E-state index contributed by atoms with van der Waals surface area (Å²) in [6.07, 6.45) is 5.82. The van der Waals surface area contributed by atoms with Gasteiger partial charge in [0, 0.05) is 0 Å². The van der Waals surface area contributed by atoms with Crippen molar-refractivity contribution in [3.63, 3.8) is 0 Å². The molecule has 0 spiro atoms. The lowest BCUT2D eigenvalue weighted by molar-refractivity contribution is 0.267. The summed E-state index contributed by atoms with van der Waals surface area (Å²) in [5.74, 6) is 0.691. The monoisotopic (exact) mass is 224 g/mol. The predicted octanol–water partition coefficient (Wildman–Crippen LogP) is 5.41. The zero-order chi connectivity index (χ0) is 12.3. The molecule has 2 rings (SSSR count). The molecule has 0 saturated carbocycles. The smallest absolute Gasteiger partial charge is 0.122 e. The van der Waals surface area contributed by atoms with E-state index in [-0.39, 0.29) is 11.2 Å². The molecule has 16 heavy (non-hydrogen) atoms. The third-order valence-electron chi connectivity index (χ3n) is 4.23. The quantitative estimate of drug-likeness (QED) is 0.558. The third-order valence-corrected chi connectivity index (χ3v) is 4.23. The number of hydrogen-bond acceptors (Lipinski definition) is 0. The average Bonchev–Trinajstić information content (AvgIpc) is 2.63. The molecule has 0 fully saturated rings. The summed E-state index contributed by atoms with van der Waals surface area (Å²) in [6.45, 7) is 10.8. The van der Waals surface area contributed by atoms with Gasteiger partial charge in [0.2, 0.25) is 0 Å². The summed E-state index contributed by atoms with van der Waals surface area (Å²) in [7, 11) is 0. The normalized spacial score (nSPS) is 28.6. The Morgan fingerprint density at radius 3 is 2.44 bits per heavy atom. The zero-order valence-corrected chi connectivity index (χ0v) is 11.4. The van der Waals surface area contributed by atoms with Crippen molar-refractivity contribution in [3.05, 3.63) is 23.0 Å². The van der Waals surface area contributed by atoms with E-state index in [2.05, 4.69) is 20.8 Å². The van der Waals surface area contributed by atoms with Crippen LogP contribution in [-0.2, 0) is 0 Å². The van der Waals surface area contributed by atoms with Crippen molar-refractivity contribution >= 4 is 0 Å². The van der Waals surface area contributed by atoms with E-state index in [4.69, 9.17) is 0 Å². The van der Waals surface area contributed by atoms with Gasteiger partial charge in [-0.25, -0.2) is 4.39 Å². The molecule has 0 nitrogen and oxygen atoms in total. The molecule has 1 heteroatoms. The molecule has 2 aliphatic rings. The molecular weight excluding hydrogens is 199 g/mol. The standard InChI is InChI=1S/C13H19F.C2H6/c1-9(2)13(3)8-7-10-11(13)5-4-6-12(10)14;1-2/h6,9H,4-5,7-8H2,1-3H3;1-2H3. The molecule has 0 aromatic carbocycles. The van der Waals surface area contributed by atoms with Gasteiger partial charge in [0.25, 0.3) is 0 Å². The van der Waals surface area contributed by atoms with Crippen LogP contribution >= 0.6 is 0 Å². The van der Waals surface area contributed by atoms with Crippen LogP contribution in [0.25, 0.3) is 0 Å². The van der Waals surface area contributed by atoms with E-state index in [1.54, 1.807) is 6.08 Å². The van der Waals surface area contributed by atoms with Crippen LogP contribution in [0.15, 0.2) is 23.0 Å². The molecule has 0 aromatic heterocycles. The Labute approximate surface area is 99.6 Å². The van der Waals surface area contributed by atoms with Gasteiger partial charge in [-0.15, -0.1) is 0 Å². The molecule has 0 aromatic rings. The average molecular weight is 224 g/mol. The Kier molecular flexibility index (Phi) is 4.35. The fourth-order valence-electron chi connectivity index (χ4n) is 2.83. The lowest BCUT2D eigenvalue weighted by Gasteiger charge is -2.33. The molecule has 0 N–H and O–H groups in total. The second kappa shape index (κ2) is 5.16. The fraction of sp³-hybridized carbons (Fsp3) is 0.733. The third kappa shape index (κ3) is 2.09. The zero-order valence-electron chi connectivity index (χ0n) is 11.4. The molecule has 92 valence electrons. The topological polar surface area (TPSA) is 0 Å². The maximum atomic E-state index is 13.5. The van der Waals surface area contributed by atoms with Gasteiger partial charge in [0.05, 0.1) is 0 Å². The molecule has 0 bridgehead atoms. The highest BCUT2D eigenvalue weighted by molar-refractivity contribution is 5.41. The summed E-state index contributed by atoms with van der Waals surface area (Å²) in [5, 5.41) is 0. The van der Waals surface area contributed by atoms with Crippen molar-refractivity contribution in [1.82, 2.24) is 0 Å². The fourth-order valence-corrected chi connectivity index (χ4v) is 2.83. The molecule has 1 atom stereocenters. The highest BCUT2D eigenvalue weighted by atomic mass is 19.1. The minimum Gasteiger partial charge on any atom is -0.207 e. The van der Waals surface area contributed by atoms with Gasteiger partial charge in [-0.3, -0.25) is 0 Å². The largest absolute Gasteiger partial charge is 0.207 e. The van der Waals surface area contributed by atoms with Crippen LogP contribution in [0.4, 0.5) is 4.39 Å². The van der Waals surface area contributed by atoms with Crippen molar-refractivity contribution in [1.29, 1.82) is 0 Å². The molecule has 0 saturated heterocycles. The van der Waals surface area contributed by atoms with E-state index in [9.17, 15) is 4.39 Å². The summed E-state index contributed by atoms with van der Waals surface area (Å²) in [4.78, 5) is 0. The number of allylic oxidation sites excluding steroid dienone is 4. The van der Waals surface area contributed by atoms with E-state index in [1.165, 1.54) is 5.57 Å². The maximum absolute atomic E-state index is 13.5. The van der Waals surface area contributed by atoms with Gasteiger partial charge < -0.3 is 0 Å². The first kappa shape index (κ1) is 13.5. The summed E-state index contributed by atoms with van der Waals surface area (Å²) >= 11 is 0. The molecule has 2 aliphatic carbocycles. The first-order chi connectivity index (χ1) is 7.55. The molecular formula is C15H25F. The van der Waals surface area contributed by atoms with Crippen molar-refractivity contribution in [2.45, 2.75) is 60.3 Å². The van der Waals surface area contributed by atoms with E-state index >= 15 is 0 Å². The van der Waals surface area contributed by atoms with Crippen molar-refractivity contribution in [2.24, 2.45) is 11.3 Å². The Hall–Kier alpha value is -0.590. The minimum atomic E-state index is 0.0654. The summed E-state index contributed by atoms with van der Waals surface area (Å²) < 4.78 is 13.5. The van der Waals surface area contributed by atoms with Crippen LogP contribution < -0.4 is 0 Å². The van der Waals surface area contributed by atoms with Gasteiger partial charge in [0.1, 0.15) is 5.83 Å². The van der Waals surface area contributed by atoms with Gasteiger partial charge in [-0.2, -0.15) is 0 Å². The first-order valence-electron chi connectivity index (χ1n) is 6.64. The molecule has 0 heterocycles. The lowest BCUT2D eigenvalue weighted by atomic mass is 9.71. The van der Waals surface area contributed by atoms with Crippen molar-refractivity contribution in [3.8, 4) is 0 Å². The Morgan fingerprint density at radius 1 is 1.25 bits per heavy atom. The van der Waals surface area contributed by atoms with Crippen LogP contribution in [-0.4, -0.2) is 0 Å². The number of rotatable bonds is 1. The van der Waals surface area contributed by atoms with E-state index < -0.39 is 0 Å². The van der Waals surface area contributed by atoms with E-state index in [1.807, 2.05) is 13.8 Å². The second-order valence-electron chi connectivity index (χ2n) is 5.12. The highest BCUT2D eigenvalue weighted by Crippen LogP contribution is 2.53. The first-order valence-corrected chi connectivity index (χ1v) is 6.64.